The third-order valence-electron chi connectivity index (χ3n) is 3.53. The molecular weight excluding hydrogens is 202 g/mol. The highest BCUT2D eigenvalue weighted by Gasteiger charge is 2.35. The summed E-state index contributed by atoms with van der Waals surface area (Å²) in [6.07, 6.45) is 5.93. The van der Waals surface area contributed by atoms with Gasteiger partial charge in [0.05, 0.1) is 5.60 Å². The second-order valence-corrected chi connectivity index (χ2v) is 4.86. The van der Waals surface area contributed by atoms with Gasteiger partial charge in [0.25, 0.3) is 0 Å². The lowest BCUT2D eigenvalue weighted by Crippen LogP contribution is -2.52. The van der Waals surface area contributed by atoms with Gasteiger partial charge >= 0.3 is 0 Å². The van der Waals surface area contributed by atoms with Crippen LogP contribution in [0.1, 0.15) is 46.0 Å². The second-order valence-electron chi connectivity index (χ2n) is 4.86. The molecule has 0 aromatic rings. The Hall–Kier alpha value is -0.120. The standard InChI is InChI=1S/C13H27NO2/c1-4-14-12(8-7-10-15-3)13(2)9-5-6-11-16-13/h12,14H,4-11H2,1-3H3. The molecule has 0 spiro atoms. The molecule has 1 fully saturated rings. The first-order valence-electron chi connectivity index (χ1n) is 6.59. The molecule has 1 heterocycles. The van der Waals surface area contributed by atoms with Crippen LogP contribution in [0.3, 0.4) is 0 Å². The first-order chi connectivity index (χ1) is 7.73. The van der Waals surface area contributed by atoms with Crippen molar-refractivity contribution in [3.05, 3.63) is 0 Å². The summed E-state index contributed by atoms with van der Waals surface area (Å²) in [6, 6.07) is 0.466. The van der Waals surface area contributed by atoms with E-state index in [4.69, 9.17) is 9.47 Å². The highest BCUT2D eigenvalue weighted by Crippen LogP contribution is 2.29. The molecule has 2 atom stereocenters. The third-order valence-corrected chi connectivity index (χ3v) is 3.53. The fourth-order valence-electron chi connectivity index (χ4n) is 2.53. The summed E-state index contributed by atoms with van der Waals surface area (Å²) >= 11 is 0. The van der Waals surface area contributed by atoms with Crippen molar-refractivity contribution in [2.45, 2.75) is 57.6 Å². The van der Waals surface area contributed by atoms with Gasteiger partial charge in [-0.25, -0.2) is 0 Å². The Morgan fingerprint density at radius 3 is 2.81 bits per heavy atom. The van der Waals surface area contributed by atoms with Crippen LogP contribution in [0, 0.1) is 0 Å². The molecule has 16 heavy (non-hydrogen) atoms. The van der Waals surface area contributed by atoms with Crippen LogP contribution in [0.25, 0.3) is 0 Å². The Bertz CT molecular complexity index is 179. The fourth-order valence-corrected chi connectivity index (χ4v) is 2.53. The highest BCUT2D eigenvalue weighted by atomic mass is 16.5. The Labute approximate surface area is 99.9 Å². The zero-order valence-corrected chi connectivity index (χ0v) is 11.1. The van der Waals surface area contributed by atoms with Crippen LogP contribution in [0.2, 0.25) is 0 Å². The van der Waals surface area contributed by atoms with Gasteiger partial charge in [0.2, 0.25) is 0 Å². The predicted octanol–water partition coefficient (Wildman–Crippen LogP) is 2.35. The monoisotopic (exact) mass is 229 g/mol. The zero-order chi connectivity index (χ0) is 11.9. The number of ether oxygens (including phenoxy) is 2. The minimum Gasteiger partial charge on any atom is -0.385 e. The molecule has 0 bridgehead atoms. The normalized spacial score (nSPS) is 27.9. The molecule has 1 N–H and O–H groups in total. The van der Waals surface area contributed by atoms with E-state index in [1.165, 1.54) is 19.3 Å². The predicted molar refractivity (Wildman–Crippen MR) is 66.8 cm³/mol. The largest absolute Gasteiger partial charge is 0.385 e. The molecule has 2 unspecified atom stereocenters. The van der Waals surface area contributed by atoms with E-state index in [0.29, 0.717) is 6.04 Å². The maximum Gasteiger partial charge on any atom is 0.0806 e. The van der Waals surface area contributed by atoms with E-state index in [2.05, 4.69) is 19.2 Å². The quantitative estimate of drug-likeness (QED) is 0.680. The summed E-state index contributed by atoms with van der Waals surface area (Å²) < 4.78 is 11.1. The van der Waals surface area contributed by atoms with Crippen LogP contribution in [-0.2, 0) is 9.47 Å². The van der Waals surface area contributed by atoms with Crippen molar-refractivity contribution in [2.24, 2.45) is 0 Å². The number of likely N-dealkylation sites (N-methyl/N-ethyl adjacent to an activating group) is 1. The van der Waals surface area contributed by atoms with Crippen molar-refractivity contribution in [3.8, 4) is 0 Å². The van der Waals surface area contributed by atoms with Gasteiger partial charge in [-0.15, -0.1) is 0 Å². The van der Waals surface area contributed by atoms with Gasteiger partial charge in [-0.2, -0.15) is 0 Å². The van der Waals surface area contributed by atoms with Crippen LogP contribution in [0.15, 0.2) is 0 Å². The van der Waals surface area contributed by atoms with Crippen LogP contribution >= 0.6 is 0 Å². The molecule has 1 aliphatic rings. The number of methoxy groups -OCH3 is 1. The Kier molecular flexibility index (Phi) is 6.32. The Balaban J connectivity index is 2.45. The summed E-state index contributed by atoms with van der Waals surface area (Å²) in [6.45, 7) is 7.19. The minimum atomic E-state index is 0.0298. The molecule has 3 nitrogen and oxygen atoms in total. The third kappa shape index (κ3) is 4.04. The molecule has 1 rings (SSSR count). The maximum absolute atomic E-state index is 6.01. The first kappa shape index (κ1) is 13.9. The summed E-state index contributed by atoms with van der Waals surface area (Å²) in [4.78, 5) is 0. The Morgan fingerprint density at radius 1 is 1.44 bits per heavy atom. The van der Waals surface area contributed by atoms with Crippen LogP contribution in [0.5, 0.6) is 0 Å². The van der Waals surface area contributed by atoms with E-state index in [9.17, 15) is 0 Å². The zero-order valence-electron chi connectivity index (χ0n) is 11.1. The number of hydrogen-bond donors (Lipinski definition) is 1. The highest BCUT2D eigenvalue weighted by molar-refractivity contribution is 4.91. The average Bonchev–Trinajstić information content (AvgIpc) is 2.29. The van der Waals surface area contributed by atoms with Crippen LogP contribution in [0.4, 0.5) is 0 Å². The lowest BCUT2D eigenvalue weighted by Gasteiger charge is -2.41. The van der Waals surface area contributed by atoms with Crippen molar-refractivity contribution in [2.75, 3.05) is 26.9 Å². The molecule has 0 aromatic carbocycles. The van der Waals surface area contributed by atoms with Crippen molar-refractivity contribution >= 4 is 0 Å². The van der Waals surface area contributed by atoms with Gasteiger partial charge in [-0.05, 0) is 45.6 Å². The van der Waals surface area contributed by atoms with Crippen molar-refractivity contribution in [1.29, 1.82) is 0 Å². The molecule has 0 aromatic heterocycles. The first-order valence-corrected chi connectivity index (χ1v) is 6.59. The van der Waals surface area contributed by atoms with E-state index < -0.39 is 0 Å². The van der Waals surface area contributed by atoms with E-state index in [1.807, 2.05) is 0 Å². The molecule has 96 valence electrons. The van der Waals surface area contributed by atoms with Gasteiger partial charge in [0.15, 0.2) is 0 Å². The molecule has 1 aliphatic heterocycles. The SMILES string of the molecule is CCNC(CCCOC)C1(C)CCCCO1. The van der Waals surface area contributed by atoms with E-state index in [0.717, 1.165) is 32.6 Å². The van der Waals surface area contributed by atoms with Gasteiger partial charge in [0, 0.05) is 26.4 Å². The van der Waals surface area contributed by atoms with Gasteiger partial charge in [-0.1, -0.05) is 6.92 Å². The van der Waals surface area contributed by atoms with Crippen molar-refractivity contribution in [3.63, 3.8) is 0 Å². The topological polar surface area (TPSA) is 30.5 Å². The molecule has 1 saturated heterocycles. The van der Waals surface area contributed by atoms with E-state index in [1.54, 1.807) is 7.11 Å². The number of rotatable bonds is 7. The van der Waals surface area contributed by atoms with Gasteiger partial charge < -0.3 is 14.8 Å². The molecule has 0 radical (unpaired) electrons. The van der Waals surface area contributed by atoms with E-state index >= 15 is 0 Å². The molecule has 0 amide bonds. The van der Waals surface area contributed by atoms with Gasteiger partial charge in [0.1, 0.15) is 0 Å². The lowest BCUT2D eigenvalue weighted by atomic mass is 9.85. The summed E-state index contributed by atoms with van der Waals surface area (Å²) in [5, 5.41) is 3.57. The number of nitrogens with one attached hydrogen (secondary N) is 1. The van der Waals surface area contributed by atoms with Gasteiger partial charge in [-0.3, -0.25) is 0 Å². The smallest absolute Gasteiger partial charge is 0.0806 e. The average molecular weight is 229 g/mol. The summed E-state index contributed by atoms with van der Waals surface area (Å²) in [5.74, 6) is 0. The molecule has 3 heteroatoms. The number of hydrogen-bond acceptors (Lipinski definition) is 3. The Morgan fingerprint density at radius 2 is 2.25 bits per heavy atom. The lowest BCUT2D eigenvalue weighted by molar-refractivity contribution is -0.0906. The molecule has 0 aliphatic carbocycles. The molecule has 0 saturated carbocycles. The van der Waals surface area contributed by atoms with Crippen LogP contribution < -0.4 is 5.32 Å². The minimum absolute atomic E-state index is 0.0298. The van der Waals surface area contributed by atoms with Crippen LogP contribution in [-0.4, -0.2) is 38.5 Å². The van der Waals surface area contributed by atoms with Crippen molar-refractivity contribution in [1.82, 2.24) is 5.32 Å². The molecular formula is C13H27NO2. The fraction of sp³-hybridized carbons (Fsp3) is 1.00. The second kappa shape index (κ2) is 7.25. The summed E-state index contributed by atoms with van der Waals surface area (Å²) in [5.41, 5.74) is 0.0298. The summed E-state index contributed by atoms with van der Waals surface area (Å²) in [7, 11) is 1.76. The van der Waals surface area contributed by atoms with Crippen molar-refractivity contribution < 1.29 is 9.47 Å². The van der Waals surface area contributed by atoms with E-state index in [-0.39, 0.29) is 5.60 Å². The maximum atomic E-state index is 6.01.